The molecule has 0 radical (unpaired) electrons. The average Bonchev–Trinajstić information content (AvgIpc) is 3.65. The predicted octanol–water partition coefficient (Wildman–Crippen LogP) is 19.3. The van der Waals surface area contributed by atoms with Gasteiger partial charge in [-0.25, -0.2) is 9.97 Å². The van der Waals surface area contributed by atoms with Crippen LogP contribution in [0.4, 0.5) is 51.2 Å². The number of nitrogens with zero attached hydrogens (tertiary/aromatic N) is 7. The second-order valence-corrected chi connectivity index (χ2v) is 19.5. The average molecular weight is 1010 g/mol. The maximum absolute atomic E-state index is 5.66. The summed E-state index contributed by atoms with van der Waals surface area (Å²) in [5, 5.41) is 1.77. The molecule has 372 valence electrons. The first kappa shape index (κ1) is 46.7. The van der Waals surface area contributed by atoms with Crippen LogP contribution in [0.25, 0.3) is 77.3 Å². The van der Waals surface area contributed by atoms with Crippen LogP contribution in [0, 0.1) is 0 Å². The van der Waals surface area contributed by atoms with E-state index in [1.165, 1.54) is 0 Å². The van der Waals surface area contributed by atoms with Gasteiger partial charge < -0.3 is 14.7 Å². The van der Waals surface area contributed by atoms with Crippen molar-refractivity contribution in [2.45, 2.75) is 0 Å². The van der Waals surface area contributed by atoms with Crippen LogP contribution < -0.4 is 14.7 Å². The maximum atomic E-state index is 5.66. The summed E-state index contributed by atoms with van der Waals surface area (Å²) in [4.78, 5) is 28.5. The summed E-state index contributed by atoms with van der Waals surface area (Å²) in [6.45, 7) is 0. The topological polar surface area (TPSA) is 61.3 Å². The molecule has 0 aliphatic heterocycles. The highest BCUT2D eigenvalue weighted by Gasteiger charge is 2.21. The highest BCUT2D eigenvalue weighted by Crippen LogP contribution is 2.42. The quantitative estimate of drug-likeness (QED) is 0.0892. The second-order valence-electron chi connectivity index (χ2n) is 19.5. The van der Waals surface area contributed by atoms with Gasteiger partial charge in [-0.1, -0.05) is 158 Å². The Morgan fingerprint density at radius 2 is 0.519 bits per heavy atom. The molecule has 0 fully saturated rings. The molecular weight excluding hydrogens is 963 g/mol. The molecule has 11 aromatic carbocycles. The number of para-hydroxylation sites is 7. The van der Waals surface area contributed by atoms with Crippen molar-refractivity contribution < 1.29 is 0 Å². The summed E-state index contributed by atoms with van der Waals surface area (Å²) in [5.41, 5.74) is 20.4. The highest BCUT2D eigenvalue weighted by molar-refractivity contribution is 6.22. The molecule has 0 saturated carbocycles. The molecule has 3 heterocycles. The fraction of sp³-hybridized carbons (Fsp3) is 0. The van der Waals surface area contributed by atoms with Crippen LogP contribution in [0.3, 0.4) is 0 Å². The first-order valence-corrected chi connectivity index (χ1v) is 26.5. The normalized spacial score (nSPS) is 11.3. The van der Waals surface area contributed by atoms with Gasteiger partial charge >= 0.3 is 0 Å². The first-order valence-electron chi connectivity index (χ1n) is 26.5. The SMILES string of the molecule is c1ccc(N(c2ccccc2)c2ccc(-c3cnc4c(c3)c3nc5cccc(-c6ccc(N(c7ccccc7)c7ccccc7)cc6)c5nc3c3cc(-c5ccc(N(c6ccccc6)c6ccccc6)cc5)cnc34)cc2)cc1. The lowest BCUT2D eigenvalue weighted by Gasteiger charge is -2.25. The van der Waals surface area contributed by atoms with E-state index in [1.807, 2.05) is 36.7 Å². The molecule has 7 nitrogen and oxygen atoms in total. The van der Waals surface area contributed by atoms with E-state index in [9.17, 15) is 0 Å². The monoisotopic (exact) mass is 1010 g/mol. The summed E-state index contributed by atoms with van der Waals surface area (Å²) in [6.07, 6.45) is 3.92. The molecule has 0 aliphatic carbocycles. The van der Waals surface area contributed by atoms with Crippen molar-refractivity contribution in [1.82, 2.24) is 19.9 Å². The van der Waals surface area contributed by atoms with E-state index in [1.54, 1.807) is 0 Å². The Balaban J connectivity index is 0.906. The van der Waals surface area contributed by atoms with Gasteiger partial charge in [-0.05, 0) is 144 Å². The number of rotatable bonds is 12. The van der Waals surface area contributed by atoms with Gasteiger partial charge in [-0.3, -0.25) is 9.97 Å². The molecule has 0 saturated heterocycles. The molecule has 3 aromatic heterocycles. The lowest BCUT2D eigenvalue weighted by atomic mass is 9.99. The summed E-state index contributed by atoms with van der Waals surface area (Å²) in [5.74, 6) is 0. The van der Waals surface area contributed by atoms with Crippen molar-refractivity contribution in [2.24, 2.45) is 0 Å². The van der Waals surface area contributed by atoms with Crippen LogP contribution in [-0.2, 0) is 0 Å². The maximum Gasteiger partial charge on any atom is 0.0996 e. The Kier molecular flexibility index (Phi) is 12.1. The van der Waals surface area contributed by atoms with E-state index >= 15 is 0 Å². The number of hydrogen-bond acceptors (Lipinski definition) is 7. The number of aromatic nitrogens is 4. The van der Waals surface area contributed by atoms with Crippen molar-refractivity contribution >= 4 is 95.1 Å². The number of hydrogen-bond donors (Lipinski definition) is 0. The first-order chi connectivity index (χ1) is 39.2. The minimum absolute atomic E-state index is 0.763. The van der Waals surface area contributed by atoms with Gasteiger partial charge in [0.2, 0.25) is 0 Å². The molecule has 0 amide bonds. The summed E-state index contributed by atoms with van der Waals surface area (Å²) < 4.78 is 0. The smallest absolute Gasteiger partial charge is 0.0996 e. The van der Waals surface area contributed by atoms with Gasteiger partial charge in [0.05, 0.1) is 33.1 Å². The molecule has 0 spiro atoms. The van der Waals surface area contributed by atoms with Crippen molar-refractivity contribution in [3.05, 3.63) is 298 Å². The number of anilines is 9. The zero-order valence-corrected chi connectivity index (χ0v) is 42.9. The second kappa shape index (κ2) is 20.4. The number of fused-ring (bicyclic) bond motifs is 7. The van der Waals surface area contributed by atoms with Crippen LogP contribution in [0.15, 0.2) is 298 Å². The summed E-state index contributed by atoms with van der Waals surface area (Å²) in [6, 6.07) is 99.7. The van der Waals surface area contributed by atoms with Crippen LogP contribution in [-0.4, -0.2) is 19.9 Å². The van der Waals surface area contributed by atoms with Crippen molar-refractivity contribution in [3.8, 4) is 33.4 Å². The highest BCUT2D eigenvalue weighted by atomic mass is 15.2. The van der Waals surface area contributed by atoms with Gasteiger partial charge in [0.15, 0.2) is 0 Å². The Bertz CT molecular complexity index is 4320. The fourth-order valence-corrected chi connectivity index (χ4v) is 10.9. The van der Waals surface area contributed by atoms with Crippen LogP contribution in [0.2, 0.25) is 0 Å². The number of benzene rings is 11. The molecule has 0 aliphatic rings. The largest absolute Gasteiger partial charge is 0.311 e. The van der Waals surface area contributed by atoms with Crippen molar-refractivity contribution in [3.63, 3.8) is 0 Å². The van der Waals surface area contributed by atoms with E-state index < -0.39 is 0 Å². The molecule has 0 unspecified atom stereocenters. The minimum Gasteiger partial charge on any atom is -0.311 e. The molecule has 0 atom stereocenters. The van der Waals surface area contributed by atoms with Crippen LogP contribution in [0.5, 0.6) is 0 Å². The molecule has 79 heavy (non-hydrogen) atoms. The van der Waals surface area contributed by atoms with Gasteiger partial charge in [0.1, 0.15) is 0 Å². The van der Waals surface area contributed by atoms with Gasteiger partial charge in [-0.15, -0.1) is 0 Å². The van der Waals surface area contributed by atoms with E-state index in [2.05, 4.69) is 276 Å². The summed E-state index contributed by atoms with van der Waals surface area (Å²) in [7, 11) is 0. The van der Waals surface area contributed by atoms with E-state index in [4.69, 9.17) is 19.9 Å². The Morgan fingerprint density at radius 3 is 0.861 bits per heavy atom. The molecule has 14 rings (SSSR count). The third kappa shape index (κ3) is 8.91. The standard InChI is InChI=1S/C72H49N7/c1-7-20-55(21-8-1)77(56-22-9-2-10-23-56)61-40-34-50(35-41-61)53-46-65-69(73-48-53)70-66(47-54(49-74-70)51-36-42-62(43-37-51)78(57-24-11-3-12-25-57)58-26-13-4-14-27-58)72-71(65)75-67-33-19-32-64(68(67)76-72)52-38-44-63(45-39-52)79(59-28-15-5-16-29-59)60-30-17-6-18-31-60/h1-49H. The van der Waals surface area contributed by atoms with Crippen LogP contribution in [0.1, 0.15) is 0 Å². The zero-order chi connectivity index (χ0) is 52.5. The zero-order valence-electron chi connectivity index (χ0n) is 42.9. The van der Waals surface area contributed by atoms with E-state index in [0.29, 0.717) is 0 Å². The summed E-state index contributed by atoms with van der Waals surface area (Å²) >= 11 is 0. The van der Waals surface area contributed by atoms with Gasteiger partial charge in [0.25, 0.3) is 0 Å². The van der Waals surface area contributed by atoms with Gasteiger partial charge in [0, 0.05) is 91.0 Å². The molecular formula is C72H49N7. The minimum atomic E-state index is 0.763. The lowest BCUT2D eigenvalue weighted by molar-refractivity contribution is 1.28. The molecule has 7 heteroatoms. The molecule has 14 aromatic rings. The van der Waals surface area contributed by atoms with Crippen molar-refractivity contribution in [2.75, 3.05) is 14.7 Å². The van der Waals surface area contributed by atoms with Crippen molar-refractivity contribution in [1.29, 1.82) is 0 Å². The fourth-order valence-electron chi connectivity index (χ4n) is 10.9. The Hall–Kier alpha value is -10.8. The van der Waals surface area contributed by atoms with E-state index in [0.717, 1.165) is 128 Å². The Labute approximate surface area is 458 Å². The van der Waals surface area contributed by atoms with Crippen LogP contribution >= 0.6 is 0 Å². The van der Waals surface area contributed by atoms with E-state index in [-0.39, 0.29) is 0 Å². The predicted molar refractivity (Wildman–Crippen MR) is 328 cm³/mol. The molecule has 0 bridgehead atoms. The molecule has 0 N–H and O–H groups in total. The number of pyridine rings is 2. The third-order valence-electron chi connectivity index (χ3n) is 14.6. The lowest BCUT2D eigenvalue weighted by Crippen LogP contribution is -2.09. The van der Waals surface area contributed by atoms with Gasteiger partial charge in [-0.2, -0.15) is 0 Å². The Morgan fingerprint density at radius 1 is 0.215 bits per heavy atom. The third-order valence-corrected chi connectivity index (χ3v) is 14.6.